The first-order valence-corrected chi connectivity index (χ1v) is 7.62. The lowest BCUT2D eigenvalue weighted by Gasteiger charge is -2.29. The Balaban J connectivity index is 2.27. The molecule has 4 heteroatoms. The van der Waals surface area contributed by atoms with Gasteiger partial charge >= 0.3 is 0 Å². The highest BCUT2D eigenvalue weighted by Crippen LogP contribution is 2.36. The third-order valence-electron chi connectivity index (χ3n) is 3.57. The van der Waals surface area contributed by atoms with E-state index in [1.54, 1.807) is 0 Å². The Morgan fingerprint density at radius 1 is 1.26 bits per heavy atom. The number of benzene rings is 1. The van der Waals surface area contributed by atoms with Gasteiger partial charge in [0.1, 0.15) is 5.75 Å². The summed E-state index contributed by atoms with van der Waals surface area (Å²) in [6.45, 7) is 11.3. The monoisotopic (exact) mass is 326 g/mol. The standard InChI is InChI=1S/C15H23BrN2O/c1-15(2,3)13-9-12(16)8-11(14(13)19)10-18-6-4-17-5-7-18/h8-9,17,19H,4-7,10H2,1-3H3. The van der Waals surface area contributed by atoms with Crippen LogP contribution in [0.3, 0.4) is 0 Å². The lowest BCUT2D eigenvalue weighted by atomic mass is 9.85. The first-order valence-electron chi connectivity index (χ1n) is 6.83. The Morgan fingerprint density at radius 2 is 1.89 bits per heavy atom. The number of rotatable bonds is 2. The van der Waals surface area contributed by atoms with E-state index < -0.39 is 0 Å². The summed E-state index contributed by atoms with van der Waals surface area (Å²) in [5, 5.41) is 13.9. The van der Waals surface area contributed by atoms with Crippen LogP contribution in [-0.4, -0.2) is 36.2 Å². The number of phenolic OH excluding ortho intramolecular Hbond substituents is 1. The molecule has 1 heterocycles. The van der Waals surface area contributed by atoms with Gasteiger partial charge in [0.25, 0.3) is 0 Å². The van der Waals surface area contributed by atoms with Crippen LogP contribution >= 0.6 is 15.9 Å². The van der Waals surface area contributed by atoms with Gasteiger partial charge in [-0.1, -0.05) is 36.7 Å². The molecule has 1 aliphatic rings. The van der Waals surface area contributed by atoms with Crippen molar-refractivity contribution in [3.63, 3.8) is 0 Å². The predicted molar refractivity (Wildman–Crippen MR) is 82.7 cm³/mol. The second-order valence-corrected chi connectivity index (χ2v) is 7.15. The van der Waals surface area contributed by atoms with E-state index in [1.807, 2.05) is 12.1 Å². The van der Waals surface area contributed by atoms with E-state index in [4.69, 9.17) is 0 Å². The Bertz CT molecular complexity index is 448. The summed E-state index contributed by atoms with van der Waals surface area (Å²) in [5.74, 6) is 0.453. The predicted octanol–water partition coefficient (Wildman–Crippen LogP) is 2.86. The van der Waals surface area contributed by atoms with E-state index in [0.717, 1.165) is 48.3 Å². The van der Waals surface area contributed by atoms with E-state index >= 15 is 0 Å². The Morgan fingerprint density at radius 3 is 2.47 bits per heavy atom. The van der Waals surface area contributed by atoms with Crippen LogP contribution in [0, 0.1) is 0 Å². The van der Waals surface area contributed by atoms with Gasteiger partial charge in [-0.3, -0.25) is 4.90 Å². The van der Waals surface area contributed by atoms with Crippen molar-refractivity contribution in [3.05, 3.63) is 27.7 Å². The molecule has 1 aliphatic heterocycles. The molecular weight excluding hydrogens is 304 g/mol. The fourth-order valence-corrected chi connectivity index (χ4v) is 2.96. The molecule has 0 atom stereocenters. The molecule has 19 heavy (non-hydrogen) atoms. The third-order valence-corrected chi connectivity index (χ3v) is 4.02. The highest BCUT2D eigenvalue weighted by Gasteiger charge is 2.22. The maximum atomic E-state index is 10.5. The second-order valence-electron chi connectivity index (χ2n) is 6.24. The summed E-state index contributed by atoms with van der Waals surface area (Å²) in [7, 11) is 0. The molecule has 106 valence electrons. The zero-order valence-corrected chi connectivity index (χ0v) is 13.5. The number of nitrogens with zero attached hydrogens (tertiary/aromatic N) is 1. The van der Waals surface area contributed by atoms with Crippen molar-refractivity contribution in [3.8, 4) is 5.75 Å². The van der Waals surface area contributed by atoms with Gasteiger partial charge in [-0.2, -0.15) is 0 Å². The average molecular weight is 327 g/mol. The van der Waals surface area contributed by atoms with Gasteiger partial charge in [0.2, 0.25) is 0 Å². The Labute approximate surface area is 124 Å². The number of hydrogen-bond acceptors (Lipinski definition) is 3. The van der Waals surface area contributed by atoms with Crippen LogP contribution in [-0.2, 0) is 12.0 Å². The van der Waals surface area contributed by atoms with Gasteiger partial charge in [-0.05, 0) is 17.5 Å². The molecule has 2 N–H and O–H groups in total. The molecule has 1 saturated heterocycles. The normalized spacial score (nSPS) is 17.7. The molecule has 0 spiro atoms. The molecule has 0 aromatic heterocycles. The summed E-state index contributed by atoms with van der Waals surface area (Å²) >= 11 is 3.56. The van der Waals surface area contributed by atoms with E-state index in [2.05, 4.69) is 46.9 Å². The largest absolute Gasteiger partial charge is 0.507 e. The van der Waals surface area contributed by atoms with Gasteiger partial charge in [0, 0.05) is 48.3 Å². The summed E-state index contributed by atoms with van der Waals surface area (Å²) in [4.78, 5) is 2.38. The minimum atomic E-state index is -0.0495. The molecule has 0 aliphatic carbocycles. The minimum Gasteiger partial charge on any atom is -0.507 e. The molecule has 1 fully saturated rings. The molecule has 0 bridgehead atoms. The third kappa shape index (κ3) is 3.71. The van der Waals surface area contributed by atoms with E-state index in [1.165, 1.54) is 0 Å². The maximum absolute atomic E-state index is 10.5. The minimum absolute atomic E-state index is 0.0495. The van der Waals surface area contributed by atoms with Gasteiger partial charge in [-0.25, -0.2) is 0 Å². The van der Waals surface area contributed by atoms with Crippen LogP contribution in [0.15, 0.2) is 16.6 Å². The number of aromatic hydroxyl groups is 1. The summed E-state index contributed by atoms with van der Waals surface area (Å²) in [6, 6.07) is 4.06. The molecule has 3 nitrogen and oxygen atoms in total. The van der Waals surface area contributed by atoms with Crippen LogP contribution in [0.25, 0.3) is 0 Å². The molecule has 0 amide bonds. The lowest BCUT2D eigenvalue weighted by Crippen LogP contribution is -2.42. The van der Waals surface area contributed by atoms with Crippen LogP contribution in [0.2, 0.25) is 0 Å². The maximum Gasteiger partial charge on any atom is 0.123 e. The summed E-state index contributed by atoms with van der Waals surface area (Å²) in [6.07, 6.45) is 0. The topological polar surface area (TPSA) is 35.5 Å². The highest BCUT2D eigenvalue weighted by molar-refractivity contribution is 9.10. The molecule has 0 unspecified atom stereocenters. The van der Waals surface area contributed by atoms with Crippen molar-refractivity contribution in [2.24, 2.45) is 0 Å². The zero-order valence-electron chi connectivity index (χ0n) is 12.0. The van der Waals surface area contributed by atoms with Gasteiger partial charge < -0.3 is 10.4 Å². The first-order chi connectivity index (χ1) is 8.88. The van der Waals surface area contributed by atoms with Crippen LogP contribution in [0.4, 0.5) is 0 Å². The number of piperazine rings is 1. The number of phenols is 1. The second kappa shape index (κ2) is 5.81. The summed E-state index contributed by atoms with van der Waals surface area (Å²) < 4.78 is 1.04. The smallest absolute Gasteiger partial charge is 0.123 e. The van der Waals surface area contributed by atoms with Gasteiger partial charge in [0.05, 0.1) is 0 Å². The molecule has 0 saturated carbocycles. The van der Waals surface area contributed by atoms with E-state index in [-0.39, 0.29) is 5.41 Å². The first kappa shape index (κ1) is 14.8. The number of nitrogens with one attached hydrogen (secondary N) is 1. The number of halogens is 1. The van der Waals surface area contributed by atoms with Crippen LogP contribution in [0.1, 0.15) is 31.9 Å². The van der Waals surface area contributed by atoms with Crippen molar-refractivity contribution in [1.29, 1.82) is 0 Å². The van der Waals surface area contributed by atoms with Crippen molar-refractivity contribution < 1.29 is 5.11 Å². The fourth-order valence-electron chi connectivity index (χ4n) is 2.46. The highest BCUT2D eigenvalue weighted by atomic mass is 79.9. The van der Waals surface area contributed by atoms with Crippen molar-refractivity contribution in [2.75, 3.05) is 26.2 Å². The quantitative estimate of drug-likeness (QED) is 0.877. The Hall–Kier alpha value is -0.580. The van der Waals surface area contributed by atoms with Crippen LogP contribution in [0.5, 0.6) is 5.75 Å². The van der Waals surface area contributed by atoms with Crippen LogP contribution < -0.4 is 5.32 Å². The van der Waals surface area contributed by atoms with Gasteiger partial charge in [0.15, 0.2) is 0 Å². The summed E-state index contributed by atoms with van der Waals surface area (Å²) in [5.41, 5.74) is 1.97. The molecular formula is C15H23BrN2O. The van der Waals surface area contributed by atoms with Crippen molar-refractivity contribution in [1.82, 2.24) is 10.2 Å². The average Bonchev–Trinajstić information content (AvgIpc) is 2.33. The molecule has 1 aromatic rings. The zero-order chi connectivity index (χ0) is 14.0. The molecule has 2 rings (SSSR count). The molecule has 0 radical (unpaired) electrons. The number of hydrogen-bond donors (Lipinski definition) is 2. The lowest BCUT2D eigenvalue weighted by molar-refractivity contribution is 0.230. The van der Waals surface area contributed by atoms with Crippen molar-refractivity contribution >= 4 is 15.9 Å². The van der Waals surface area contributed by atoms with Crippen molar-refractivity contribution in [2.45, 2.75) is 32.7 Å². The Kier molecular flexibility index (Phi) is 4.54. The van der Waals surface area contributed by atoms with E-state index in [9.17, 15) is 5.11 Å². The van der Waals surface area contributed by atoms with Gasteiger partial charge in [-0.15, -0.1) is 0 Å². The molecule has 1 aromatic carbocycles. The fraction of sp³-hybridized carbons (Fsp3) is 0.600. The van der Waals surface area contributed by atoms with E-state index in [0.29, 0.717) is 5.75 Å². The SMILES string of the molecule is CC(C)(C)c1cc(Br)cc(CN2CCNCC2)c1O.